The molecule has 2 aromatic rings. The van der Waals surface area contributed by atoms with Gasteiger partial charge in [-0.2, -0.15) is 0 Å². The van der Waals surface area contributed by atoms with E-state index in [4.69, 9.17) is 17.3 Å². The van der Waals surface area contributed by atoms with E-state index in [-0.39, 0.29) is 0 Å². The molecule has 3 nitrogen and oxygen atoms in total. The first-order valence-electron chi connectivity index (χ1n) is 5.42. The zero-order valence-electron chi connectivity index (χ0n) is 9.87. The lowest BCUT2D eigenvalue weighted by molar-refractivity contribution is 0.939. The molecule has 0 fully saturated rings. The van der Waals surface area contributed by atoms with E-state index >= 15 is 0 Å². The Balaban J connectivity index is 2.54. The summed E-state index contributed by atoms with van der Waals surface area (Å²) in [7, 11) is 0. The van der Waals surface area contributed by atoms with Gasteiger partial charge in [0.1, 0.15) is 0 Å². The third-order valence-corrected chi connectivity index (χ3v) is 2.94. The van der Waals surface area contributed by atoms with Crippen LogP contribution in [0.5, 0.6) is 0 Å². The molecule has 0 saturated heterocycles. The zero-order valence-corrected chi connectivity index (χ0v) is 10.6. The molecule has 0 aliphatic carbocycles. The van der Waals surface area contributed by atoms with Crippen LogP contribution in [0.25, 0.3) is 11.4 Å². The van der Waals surface area contributed by atoms with Gasteiger partial charge < -0.3 is 5.73 Å². The van der Waals surface area contributed by atoms with E-state index in [1.807, 2.05) is 38.1 Å². The highest BCUT2D eigenvalue weighted by molar-refractivity contribution is 6.30. The fourth-order valence-electron chi connectivity index (χ4n) is 1.79. The topological polar surface area (TPSA) is 51.8 Å². The van der Waals surface area contributed by atoms with Gasteiger partial charge in [0.25, 0.3) is 0 Å². The van der Waals surface area contributed by atoms with Gasteiger partial charge in [-0.1, -0.05) is 23.7 Å². The number of nitrogens with zero attached hydrogens (tertiary/aromatic N) is 2. The van der Waals surface area contributed by atoms with Crippen LogP contribution in [-0.2, 0) is 6.54 Å². The molecule has 0 spiro atoms. The minimum atomic E-state index is 0.466. The van der Waals surface area contributed by atoms with Gasteiger partial charge >= 0.3 is 0 Å². The van der Waals surface area contributed by atoms with Gasteiger partial charge in [0, 0.05) is 34.1 Å². The molecule has 0 radical (unpaired) electrons. The maximum absolute atomic E-state index is 5.96. The molecule has 88 valence electrons. The summed E-state index contributed by atoms with van der Waals surface area (Å²) in [5.41, 5.74) is 9.45. The summed E-state index contributed by atoms with van der Waals surface area (Å²) in [5, 5.41) is 0.685. The van der Waals surface area contributed by atoms with Crippen LogP contribution in [0.15, 0.2) is 24.3 Å². The molecule has 0 aliphatic rings. The Hall–Kier alpha value is -1.45. The van der Waals surface area contributed by atoms with E-state index in [1.54, 1.807) is 0 Å². The average molecular weight is 248 g/mol. The van der Waals surface area contributed by atoms with E-state index in [0.29, 0.717) is 17.4 Å². The van der Waals surface area contributed by atoms with Crippen LogP contribution in [0.4, 0.5) is 0 Å². The Labute approximate surface area is 106 Å². The normalized spacial score (nSPS) is 10.6. The molecule has 2 N–H and O–H groups in total. The number of rotatable bonds is 2. The first-order valence-corrected chi connectivity index (χ1v) is 5.79. The Kier molecular flexibility index (Phi) is 3.41. The van der Waals surface area contributed by atoms with E-state index in [0.717, 1.165) is 22.5 Å². The summed E-state index contributed by atoms with van der Waals surface area (Å²) in [6.07, 6.45) is 0. The number of halogens is 1. The molecule has 17 heavy (non-hydrogen) atoms. The van der Waals surface area contributed by atoms with Crippen LogP contribution in [0.1, 0.15) is 17.0 Å². The molecule has 1 heterocycles. The van der Waals surface area contributed by atoms with Crippen molar-refractivity contribution < 1.29 is 0 Å². The third kappa shape index (κ3) is 2.46. The maximum Gasteiger partial charge on any atom is 0.159 e. The van der Waals surface area contributed by atoms with Crippen molar-refractivity contribution in [2.45, 2.75) is 20.4 Å². The molecule has 0 bridgehead atoms. The Morgan fingerprint density at radius 1 is 1.18 bits per heavy atom. The number of benzene rings is 1. The number of hydrogen-bond acceptors (Lipinski definition) is 3. The van der Waals surface area contributed by atoms with Crippen molar-refractivity contribution in [2.24, 2.45) is 5.73 Å². The molecule has 0 atom stereocenters. The number of nitrogens with two attached hydrogens (primary N) is 1. The summed E-state index contributed by atoms with van der Waals surface area (Å²) < 4.78 is 0. The van der Waals surface area contributed by atoms with Crippen LogP contribution < -0.4 is 5.73 Å². The molecular formula is C13H14ClN3. The summed E-state index contributed by atoms with van der Waals surface area (Å²) in [4.78, 5) is 8.93. The lowest BCUT2D eigenvalue weighted by Gasteiger charge is -2.09. The van der Waals surface area contributed by atoms with E-state index in [9.17, 15) is 0 Å². The second-order valence-electron chi connectivity index (χ2n) is 3.91. The average Bonchev–Trinajstić information content (AvgIpc) is 2.28. The molecule has 4 heteroatoms. The number of aromatic nitrogens is 2. The monoisotopic (exact) mass is 247 g/mol. The highest BCUT2D eigenvalue weighted by Crippen LogP contribution is 2.21. The molecule has 0 aliphatic heterocycles. The van der Waals surface area contributed by atoms with Gasteiger partial charge in [0.15, 0.2) is 5.82 Å². The summed E-state index contributed by atoms with van der Waals surface area (Å²) in [6, 6.07) is 7.53. The predicted molar refractivity (Wildman–Crippen MR) is 69.8 cm³/mol. The zero-order chi connectivity index (χ0) is 12.4. The quantitative estimate of drug-likeness (QED) is 0.888. The largest absolute Gasteiger partial charge is 0.326 e. The van der Waals surface area contributed by atoms with Crippen molar-refractivity contribution >= 4 is 11.6 Å². The van der Waals surface area contributed by atoms with Crippen molar-refractivity contribution in [3.63, 3.8) is 0 Å². The van der Waals surface area contributed by atoms with E-state index in [1.165, 1.54) is 0 Å². The molecule has 0 unspecified atom stereocenters. The fourth-order valence-corrected chi connectivity index (χ4v) is 1.98. The Morgan fingerprint density at radius 2 is 1.82 bits per heavy atom. The lowest BCUT2D eigenvalue weighted by Crippen LogP contribution is -2.07. The van der Waals surface area contributed by atoms with Crippen LogP contribution in [0.3, 0.4) is 0 Å². The highest BCUT2D eigenvalue weighted by atomic mass is 35.5. The molecule has 0 amide bonds. The summed E-state index contributed by atoms with van der Waals surface area (Å²) in [6.45, 7) is 4.36. The van der Waals surface area contributed by atoms with E-state index < -0.39 is 0 Å². The van der Waals surface area contributed by atoms with Gasteiger partial charge in [-0.25, -0.2) is 9.97 Å². The minimum absolute atomic E-state index is 0.466. The molecule has 1 aromatic heterocycles. The molecule has 0 saturated carbocycles. The third-order valence-electron chi connectivity index (χ3n) is 2.71. The summed E-state index contributed by atoms with van der Waals surface area (Å²) in [5.74, 6) is 0.694. The van der Waals surface area contributed by atoms with Crippen LogP contribution in [0, 0.1) is 13.8 Å². The number of aryl methyl sites for hydroxylation is 2. The van der Waals surface area contributed by atoms with Gasteiger partial charge in [-0.3, -0.25) is 0 Å². The second kappa shape index (κ2) is 4.82. The molecule has 1 aromatic carbocycles. The smallest absolute Gasteiger partial charge is 0.159 e. The minimum Gasteiger partial charge on any atom is -0.326 e. The SMILES string of the molecule is Cc1nc(-c2cccc(Cl)c2)nc(C)c1CN. The van der Waals surface area contributed by atoms with Crippen LogP contribution in [0.2, 0.25) is 5.02 Å². The highest BCUT2D eigenvalue weighted by Gasteiger charge is 2.08. The van der Waals surface area contributed by atoms with Crippen molar-refractivity contribution in [1.29, 1.82) is 0 Å². The Bertz CT molecular complexity index is 529. The lowest BCUT2D eigenvalue weighted by atomic mass is 10.1. The van der Waals surface area contributed by atoms with E-state index in [2.05, 4.69) is 9.97 Å². The van der Waals surface area contributed by atoms with Crippen LogP contribution >= 0.6 is 11.6 Å². The molecular weight excluding hydrogens is 234 g/mol. The number of hydrogen-bond donors (Lipinski definition) is 1. The fraction of sp³-hybridized carbons (Fsp3) is 0.231. The first-order chi connectivity index (χ1) is 8.11. The van der Waals surface area contributed by atoms with Gasteiger partial charge in [-0.15, -0.1) is 0 Å². The Morgan fingerprint density at radius 3 is 2.35 bits per heavy atom. The van der Waals surface area contributed by atoms with Crippen LogP contribution in [-0.4, -0.2) is 9.97 Å². The van der Waals surface area contributed by atoms with Gasteiger partial charge in [0.2, 0.25) is 0 Å². The van der Waals surface area contributed by atoms with Crippen molar-refractivity contribution in [3.8, 4) is 11.4 Å². The predicted octanol–water partition coefficient (Wildman–Crippen LogP) is 2.87. The van der Waals surface area contributed by atoms with Crippen molar-refractivity contribution in [2.75, 3.05) is 0 Å². The van der Waals surface area contributed by atoms with Gasteiger partial charge in [0.05, 0.1) is 0 Å². The van der Waals surface area contributed by atoms with Crippen molar-refractivity contribution in [1.82, 2.24) is 9.97 Å². The second-order valence-corrected chi connectivity index (χ2v) is 4.35. The first kappa shape index (κ1) is 12.0. The van der Waals surface area contributed by atoms with Crippen molar-refractivity contribution in [3.05, 3.63) is 46.2 Å². The summed E-state index contributed by atoms with van der Waals surface area (Å²) >= 11 is 5.96. The molecule has 2 rings (SSSR count). The van der Waals surface area contributed by atoms with Gasteiger partial charge in [-0.05, 0) is 26.0 Å². The maximum atomic E-state index is 5.96. The standard InChI is InChI=1S/C13H14ClN3/c1-8-12(7-15)9(2)17-13(16-8)10-4-3-5-11(14)6-10/h3-6H,7,15H2,1-2H3.